The van der Waals surface area contributed by atoms with Crippen LogP contribution in [0.3, 0.4) is 0 Å². The molecule has 0 aliphatic rings. The van der Waals surface area contributed by atoms with Crippen molar-refractivity contribution in [3.8, 4) is 0 Å². The predicted molar refractivity (Wildman–Crippen MR) is 209 cm³/mol. The Balaban J connectivity index is 3.84. The number of hydrogen-bond donors (Lipinski definition) is 0. The second-order valence-corrected chi connectivity index (χ2v) is 14.4. The molecule has 0 radical (unpaired) electrons. The molecule has 0 aromatic heterocycles. The van der Waals surface area contributed by atoms with Crippen molar-refractivity contribution in [2.45, 2.75) is 206 Å². The van der Waals surface area contributed by atoms with Crippen molar-refractivity contribution >= 4 is 12.1 Å². The summed E-state index contributed by atoms with van der Waals surface area (Å²) in [6.45, 7) is 6.36. The highest BCUT2D eigenvalue weighted by Crippen LogP contribution is 2.18. The third-order valence-corrected chi connectivity index (χ3v) is 9.13. The van der Waals surface area contributed by atoms with E-state index in [2.05, 4.69) is 43.1 Å². The van der Waals surface area contributed by atoms with E-state index in [9.17, 15) is 9.59 Å². The number of hydrogen-bond acceptors (Lipinski definition) is 6. The minimum Gasteiger partial charge on any atom is -0.466 e. The van der Waals surface area contributed by atoms with Crippen LogP contribution in [0.5, 0.6) is 0 Å². The van der Waals surface area contributed by atoms with Crippen LogP contribution in [0, 0.1) is 0 Å². The number of esters is 1. The Kier molecular flexibility index (Phi) is 37.5. The number of allylic oxidation sites excluding steroid dienone is 4. The van der Waals surface area contributed by atoms with Crippen LogP contribution in [0.1, 0.15) is 200 Å². The van der Waals surface area contributed by atoms with Crippen LogP contribution in [-0.4, -0.2) is 57.0 Å². The number of nitrogens with zero attached hydrogens (tertiary/aromatic N) is 1. The van der Waals surface area contributed by atoms with Gasteiger partial charge in [0.15, 0.2) is 0 Å². The molecule has 6 nitrogen and oxygen atoms in total. The average Bonchev–Trinajstić information content (AvgIpc) is 3.08. The van der Waals surface area contributed by atoms with Gasteiger partial charge in [0.2, 0.25) is 0 Å². The first-order valence-electron chi connectivity index (χ1n) is 20.9. The molecule has 49 heavy (non-hydrogen) atoms. The molecule has 0 saturated carbocycles. The van der Waals surface area contributed by atoms with Crippen molar-refractivity contribution in [1.29, 1.82) is 0 Å². The fourth-order valence-electron chi connectivity index (χ4n) is 5.99. The van der Waals surface area contributed by atoms with Crippen LogP contribution in [0.15, 0.2) is 24.3 Å². The SMILES string of the molecule is CCCCC/C=C\C/C=C\CCCCCCCC(=O)OCCCCCCCCC(CCCCCCCCCC)OC(=O)OCCCN(C)C. The summed E-state index contributed by atoms with van der Waals surface area (Å²) in [5.74, 6) is -0.0376. The number of carbonyl (C=O) groups is 2. The second-order valence-electron chi connectivity index (χ2n) is 14.4. The van der Waals surface area contributed by atoms with Crippen molar-refractivity contribution in [2.24, 2.45) is 0 Å². The predicted octanol–water partition coefficient (Wildman–Crippen LogP) is 13.1. The van der Waals surface area contributed by atoms with Gasteiger partial charge in [-0.25, -0.2) is 4.79 Å². The molecule has 0 saturated heterocycles. The van der Waals surface area contributed by atoms with Crippen LogP contribution in [0.25, 0.3) is 0 Å². The van der Waals surface area contributed by atoms with E-state index >= 15 is 0 Å². The Labute approximate surface area is 304 Å². The van der Waals surface area contributed by atoms with E-state index in [0.717, 1.165) is 90.0 Å². The summed E-state index contributed by atoms with van der Waals surface area (Å²) in [5.41, 5.74) is 0. The largest absolute Gasteiger partial charge is 0.508 e. The first-order chi connectivity index (χ1) is 24.0. The summed E-state index contributed by atoms with van der Waals surface area (Å²) >= 11 is 0. The third kappa shape index (κ3) is 38.8. The Morgan fingerprint density at radius 1 is 0.531 bits per heavy atom. The molecule has 288 valence electrons. The second kappa shape index (κ2) is 39.0. The molecule has 0 aliphatic carbocycles. The molecule has 0 amide bonds. The van der Waals surface area contributed by atoms with Gasteiger partial charge < -0.3 is 19.1 Å². The Bertz CT molecular complexity index is 765. The minimum atomic E-state index is -0.506. The summed E-state index contributed by atoms with van der Waals surface area (Å²) < 4.78 is 16.6. The standard InChI is InChI=1S/C43H81NO5/c1-5-7-9-11-13-15-16-17-18-19-20-21-23-28-32-37-42(45)47-39-33-29-25-24-27-31-36-41(35-30-26-22-14-12-10-8-6-2)49-43(46)48-40-34-38-44(3)4/h13,15,17-18,41H,5-12,14,16,19-40H2,1-4H3/b15-13-,18-17-. The van der Waals surface area contributed by atoms with Gasteiger partial charge in [-0.3, -0.25) is 4.79 Å². The topological polar surface area (TPSA) is 65.1 Å². The molecule has 1 atom stereocenters. The van der Waals surface area contributed by atoms with Gasteiger partial charge in [0.05, 0.1) is 13.2 Å². The lowest BCUT2D eigenvalue weighted by Gasteiger charge is -2.18. The quantitative estimate of drug-likeness (QED) is 0.0367. The average molecular weight is 692 g/mol. The molecule has 0 bridgehead atoms. The van der Waals surface area contributed by atoms with Crippen LogP contribution in [0.4, 0.5) is 4.79 Å². The van der Waals surface area contributed by atoms with E-state index in [1.807, 2.05) is 14.1 Å². The van der Waals surface area contributed by atoms with E-state index in [1.165, 1.54) is 96.3 Å². The molecule has 0 aromatic carbocycles. The molecule has 0 N–H and O–H groups in total. The highest BCUT2D eigenvalue weighted by molar-refractivity contribution is 5.69. The lowest BCUT2D eigenvalue weighted by Crippen LogP contribution is -2.21. The fraction of sp³-hybridized carbons (Fsp3) is 0.860. The summed E-state index contributed by atoms with van der Waals surface area (Å²) in [6.07, 6.45) is 41.8. The van der Waals surface area contributed by atoms with Gasteiger partial charge in [0.25, 0.3) is 0 Å². The van der Waals surface area contributed by atoms with E-state index in [0.29, 0.717) is 19.6 Å². The maximum Gasteiger partial charge on any atom is 0.508 e. The number of unbranched alkanes of at least 4 members (excludes halogenated alkanes) is 20. The van der Waals surface area contributed by atoms with Crippen molar-refractivity contribution in [3.63, 3.8) is 0 Å². The van der Waals surface area contributed by atoms with Crippen LogP contribution in [0.2, 0.25) is 0 Å². The molecule has 0 aliphatic heterocycles. The molecule has 0 aromatic rings. The lowest BCUT2D eigenvalue weighted by molar-refractivity contribution is -0.143. The van der Waals surface area contributed by atoms with Gasteiger partial charge in [-0.05, 0) is 91.1 Å². The summed E-state index contributed by atoms with van der Waals surface area (Å²) in [7, 11) is 4.04. The normalized spacial score (nSPS) is 12.3. The van der Waals surface area contributed by atoms with Crippen molar-refractivity contribution < 1.29 is 23.8 Å². The molecular formula is C43H81NO5. The van der Waals surface area contributed by atoms with E-state index in [-0.39, 0.29) is 12.1 Å². The highest BCUT2D eigenvalue weighted by atomic mass is 16.7. The Hall–Kier alpha value is -1.82. The smallest absolute Gasteiger partial charge is 0.466 e. The van der Waals surface area contributed by atoms with Crippen LogP contribution < -0.4 is 0 Å². The van der Waals surface area contributed by atoms with E-state index in [1.54, 1.807) is 0 Å². The number of ether oxygens (including phenoxy) is 3. The van der Waals surface area contributed by atoms with Gasteiger partial charge in [0.1, 0.15) is 6.10 Å². The van der Waals surface area contributed by atoms with Gasteiger partial charge in [0, 0.05) is 13.0 Å². The molecular weight excluding hydrogens is 610 g/mol. The van der Waals surface area contributed by atoms with Crippen LogP contribution >= 0.6 is 0 Å². The fourth-order valence-corrected chi connectivity index (χ4v) is 5.99. The van der Waals surface area contributed by atoms with E-state index < -0.39 is 6.16 Å². The lowest BCUT2D eigenvalue weighted by atomic mass is 10.0. The summed E-state index contributed by atoms with van der Waals surface area (Å²) in [4.78, 5) is 26.5. The molecule has 0 rings (SSSR count). The third-order valence-electron chi connectivity index (χ3n) is 9.13. The summed E-state index contributed by atoms with van der Waals surface area (Å²) in [5, 5.41) is 0. The zero-order valence-electron chi connectivity index (χ0n) is 33.0. The molecule has 0 fully saturated rings. The first-order valence-corrected chi connectivity index (χ1v) is 20.9. The summed E-state index contributed by atoms with van der Waals surface area (Å²) in [6, 6.07) is 0. The maximum absolute atomic E-state index is 12.3. The zero-order chi connectivity index (χ0) is 35.9. The van der Waals surface area contributed by atoms with E-state index in [4.69, 9.17) is 14.2 Å². The van der Waals surface area contributed by atoms with Crippen molar-refractivity contribution in [1.82, 2.24) is 4.90 Å². The Morgan fingerprint density at radius 2 is 1.00 bits per heavy atom. The first kappa shape index (κ1) is 47.2. The van der Waals surface area contributed by atoms with Crippen LogP contribution in [-0.2, 0) is 19.0 Å². The number of carbonyl (C=O) groups excluding carboxylic acids is 2. The van der Waals surface area contributed by atoms with Gasteiger partial charge in [-0.15, -0.1) is 0 Å². The van der Waals surface area contributed by atoms with Gasteiger partial charge >= 0.3 is 12.1 Å². The highest BCUT2D eigenvalue weighted by Gasteiger charge is 2.15. The van der Waals surface area contributed by atoms with Crippen molar-refractivity contribution in [3.05, 3.63) is 24.3 Å². The monoisotopic (exact) mass is 692 g/mol. The Morgan fingerprint density at radius 3 is 1.59 bits per heavy atom. The minimum absolute atomic E-state index is 0.0376. The molecule has 1 unspecified atom stereocenters. The maximum atomic E-state index is 12.3. The number of rotatable bonds is 37. The molecule has 0 spiro atoms. The van der Waals surface area contributed by atoms with Crippen molar-refractivity contribution in [2.75, 3.05) is 33.9 Å². The molecule has 0 heterocycles. The van der Waals surface area contributed by atoms with Gasteiger partial charge in [-0.2, -0.15) is 0 Å². The molecule has 6 heteroatoms. The zero-order valence-corrected chi connectivity index (χ0v) is 33.0. The van der Waals surface area contributed by atoms with Gasteiger partial charge in [-0.1, -0.05) is 141 Å².